The minimum atomic E-state index is -3.17. The first-order valence-electron chi connectivity index (χ1n) is 4.05. The average Bonchev–Trinajstić information content (AvgIpc) is 1.78. The molecule has 3 heteroatoms. The van der Waals surface area contributed by atoms with Crippen molar-refractivity contribution in [2.45, 2.75) is 19.4 Å². The Hall–Kier alpha value is -0.313. The van der Waals surface area contributed by atoms with Gasteiger partial charge in [0, 0.05) is 20.7 Å². The fourth-order valence-electron chi connectivity index (χ4n) is 0.288. The van der Waals surface area contributed by atoms with Crippen LogP contribution < -0.4 is 0 Å². The molecule has 0 aliphatic heterocycles. The molecule has 0 saturated heterocycles. The highest BCUT2D eigenvalue weighted by Crippen LogP contribution is 1.85. The van der Waals surface area contributed by atoms with Gasteiger partial charge in [-0.2, -0.15) is 0 Å². The Balaban J connectivity index is 3.22. The molecule has 0 amide bonds. The van der Waals surface area contributed by atoms with Crippen LogP contribution in [0.1, 0.15) is 13.3 Å². The van der Waals surface area contributed by atoms with Crippen molar-refractivity contribution in [3.05, 3.63) is 0 Å². The summed E-state index contributed by atoms with van der Waals surface area (Å²) in [6, 6.07) is 0.236. The van der Waals surface area contributed by atoms with Gasteiger partial charge in [0.05, 0.1) is 6.61 Å². The zero-order valence-corrected chi connectivity index (χ0v) is 5.94. The Labute approximate surface area is 56.3 Å². The number of rotatable bonds is 4. The number of hydrogen-bond acceptors (Lipinski definition) is 2. The number of ether oxygens (including phenoxy) is 1. The van der Waals surface area contributed by atoms with Crippen molar-refractivity contribution in [2.24, 2.45) is 0 Å². The van der Waals surface area contributed by atoms with Gasteiger partial charge in [0.25, 0.3) is 0 Å². The summed E-state index contributed by atoms with van der Waals surface area (Å²) in [5.41, 5.74) is 0. The fraction of sp³-hybridized carbons (Fsp3) is 0.800. The van der Waals surface area contributed by atoms with Crippen LogP contribution >= 0.6 is 0 Å². The third-order valence-corrected chi connectivity index (χ3v) is 0.980. The van der Waals surface area contributed by atoms with E-state index >= 15 is 0 Å². The zero-order chi connectivity index (χ0) is 8.91. The van der Waals surface area contributed by atoms with Crippen molar-refractivity contribution >= 4 is 16.0 Å². The van der Waals surface area contributed by atoms with Gasteiger partial charge in [-0.05, 0) is 6.42 Å². The van der Waals surface area contributed by atoms with Gasteiger partial charge in [0.2, 0.25) is 0 Å². The summed E-state index contributed by atoms with van der Waals surface area (Å²) in [5, 5.41) is 0. The second-order valence-electron chi connectivity index (χ2n) is 1.44. The molecule has 8 heavy (non-hydrogen) atoms. The highest BCUT2D eigenvalue weighted by molar-refractivity contribution is 6.08. The first-order chi connectivity index (χ1) is 4.92. The maximum absolute atomic E-state index is 10.2. The van der Waals surface area contributed by atoms with Crippen molar-refractivity contribution in [3.8, 4) is 0 Å². The molecule has 0 spiro atoms. The molecule has 0 radical (unpaired) electrons. The van der Waals surface area contributed by atoms with E-state index in [1.54, 1.807) is 0 Å². The quantitative estimate of drug-likeness (QED) is 0.303. The number of esters is 1. The molecule has 0 bridgehead atoms. The van der Waals surface area contributed by atoms with Crippen molar-refractivity contribution in [2.75, 3.05) is 6.61 Å². The average molecular weight is 138 g/mol. The minimum Gasteiger partial charge on any atom is -0.466 e. The lowest BCUT2D eigenvalue weighted by molar-refractivity contribution is -0.140. The normalized spacial score (nSPS) is 15.9. The number of carbonyl (C=O) groups excluding carboxylic acids is 1. The first-order valence-corrected chi connectivity index (χ1v) is 3.26. The molecule has 48 valence electrons. The predicted molar refractivity (Wildman–Crippen MR) is 36.0 cm³/mol. The van der Waals surface area contributed by atoms with Gasteiger partial charge in [-0.3, -0.25) is 4.79 Å². The van der Waals surface area contributed by atoms with E-state index in [0.29, 0.717) is 6.42 Å². The van der Waals surface area contributed by atoms with Gasteiger partial charge in [-0.1, -0.05) is 6.04 Å². The van der Waals surface area contributed by atoms with Gasteiger partial charge in [-0.15, -0.1) is 0 Å². The highest BCUT2D eigenvalue weighted by atomic mass is 28.1. The lowest BCUT2D eigenvalue weighted by Gasteiger charge is -1.96. The SMILES string of the molecule is [3H][Si]([3H])([3H])CCCOC(C)=O. The molecule has 0 fully saturated rings. The van der Waals surface area contributed by atoms with E-state index in [-0.39, 0.29) is 18.6 Å². The third kappa shape index (κ3) is 5.69. The Morgan fingerprint density at radius 3 is 3.25 bits per heavy atom. The van der Waals surface area contributed by atoms with Crippen molar-refractivity contribution < 1.29 is 9.53 Å². The molecule has 0 atom stereocenters. The van der Waals surface area contributed by atoms with Crippen molar-refractivity contribution in [1.82, 2.24) is 0 Å². The molecule has 0 heterocycles. The van der Waals surface area contributed by atoms with E-state index in [2.05, 4.69) is 4.74 Å². The highest BCUT2D eigenvalue weighted by Gasteiger charge is 1.88. The van der Waals surface area contributed by atoms with Crippen LogP contribution in [-0.4, -0.2) is 26.3 Å². The van der Waals surface area contributed by atoms with Gasteiger partial charge in [0.15, 0.2) is 0 Å². The van der Waals surface area contributed by atoms with Crippen LogP contribution in [0.5, 0.6) is 0 Å². The van der Waals surface area contributed by atoms with E-state index < -0.39 is 10.0 Å². The van der Waals surface area contributed by atoms with E-state index in [9.17, 15) is 4.79 Å². The van der Waals surface area contributed by atoms with Gasteiger partial charge >= 0.3 is 5.97 Å². The molecular weight excluding hydrogens is 120 g/mol. The summed E-state index contributed by atoms with van der Waals surface area (Å²) in [4.78, 5) is 10.2. The van der Waals surface area contributed by atoms with Crippen LogP contribution in [0.25, 0.3) is 0 Å². The third-order valence-electron chi connectivity index (χ3n) is 0.626. The Morgan fingerprint density at radius 2 is 2.75 bits per heavy atom. The Bertz CT molecular complexity index is 134. The van der Waals surface area contributed by atoms with E-state index in [4.69, 9.17) is 3.70 Å². The largest absolute Gasteiger partial charge is 0.466 e. The molecule has 0 rings (SSSR count). The smallest absolute Gasteiger partial charge is 0.302 e. The maximum Gasteiger partial charge on any atom is 0.302 e. The van der Waals surface area contributed by atoms with E-state index in [1.807, 2.05) is 0 Å². The Kier molecular flexibility index (Phi) is 2.21. The molecule has 0 unspecified atom stereocenters. The van der Waals surface area contributed by atoms with Crippen LogP contribution in [0.4, 0.5) is 0 Å². The molecule has 0 aromatic carbocycles. The topological polar surface area (TPSA) is 26.3 Å². The first kappa shape index (κ1) is 3.66. The molecule has 0 saturated carbocycles. The standard InChI is InChI=1S/C5H12O2Si/c1-5(6)7-3-2-4-8/h2-4H2,1,8H3/i8T3. The summed E-state index contributed by atoms with van der Waals surface area (Å²) in [6.45, 7) is 1.55. The second-order valence-corrected chi connectivity index (χ2v) is 1.94. The van der Waals surface area contributed by atoms with Crippen LogP contribution in [0.2, 0.25) is 6.04 Å². The monoisotopic (exact) mass is 138 g/mol. The summed E-state index contributed by atoms with van der Waals surface area (Å²) in [5.74, 6) is -0.350. The zero-order valence-electron chi connectivity index (χ0n) is 7.94. The van der Waals surface area contributed by atoms with Gasteiger partial charge in [0.1, 0.15) is 0 Å². The van der Waals surface area contributed by atoms with Crippen LogP contribution in [-0.2, 0) is 9.53 Å². The van der Waals surface area contributed by atoms with E-state index in [1.165, 1.54) is 6.92 Å². The molecule has 0 aliphatic rings. The van der Waals surface area contributed by atoms with Crippen LogP contribution in [0.15, 0.2) is 0 Å². The predicted octanol–water partition coefficient (Wildman–Crippen LogP) is -0.277. The minimum absolute atomic E-state index is 0.236. The van der Waals surface area contributed by atoms with Crippen molar-refractivity contribution in [1.29, 1.82) is 3.70 Å². The summed E-state index contributed by atoms with van der Waals surface area (Å²) < 4.78 is 25.4. The number of carbonyl (C=O) groups is 1. The van der Waals surface area contributed by atoms with E-state index in [0.717, 1.165) is 0 Å². The molecule has 0 aromatic heterocycles. The summed E-state index contributed by atoms with van der Waals surface area (Å²) >= 11 is 0. The van der Waals surface area contributed by atoms with Crippen molar-refractivity contribution in [3.63, 3.8) is 0 Å². The van der Waals surface area contributed by atoms with Gasteiger partial charge < -0.3 is 4.74 Å². The summed E-state index contributed by atoms with van der Waals surface area (Å²) in [6.07, 6.45) is 0.461. The lowest BCUT2D eigenvalue weighted by Crippen LogP contribution is -1.99. The lowest BCUT2D eigenvalue weighted by atomic mass is 10.5. The van der Waals surface area contributed by atoms with Crippen LogP contribution in [0, 0.1) is 0 Å². The summed E-state index contributed by atoms with van der Waals surface area (Å²) in [7, 11) is -3.17. The fourth-order valence-corrected chi connectivity index (χ4v) is 0.432. The Morgan fingerprint density at radius 1 is 2.00 bits per heavy atom. The van der Waals surface area contributed by atoms with Gasteiger partial charge in [-0.25, -0.2) is 0 Å². The molecule has 2 nitrogen and oxygen atoms in total. The molecule has 0 aromatic rings. The molecular formula is C5H12O2Si. The molecule has 0 N–H and O–H groups in total. The maximum atomic E-state index is 10.2. The second kappa shape index (κ2) is 4.84. The van der Waals surface area contributed by atoms with Crippen LogP contribution in [0.3, 0.4) is 0 Å². The molecule has 0 aliphatic carbocycles. The number of hydrogen-bond donors (Lipinski definition) is 0.